The Balaban J connectivity index is 0.936. The van der Waals surface area contributed by atoms with Crippen LogP contribution in [-0.4, -0.2) is 17.2 Å². The van der Waals surface area contributed by atoms with E-state index in [9.17, 15) is 0 Å². The highest BCUT2D eigenvalue weighted by atomic mass is 28.3. The highest BCUT2D eigenvalue weighted by molar-refractivity contribution is 7.20. The monoisotopic (exact) mass is 1140 g/mol. The average molecular weight is 1140 g/mol. The van der Waals surface area contributed by atoms with E-state index in [1.165, 1.54) is 53.4 Å². The van der Waals surface area contributed by atoms with Crippen molar-refractivity contribution in [3.63, 3.8) is 0 Å². The van der Waals surface area contributed by atoms with Crippen molar-refractivity contribution in [3.8, 4) is 67.0 Å². The molecule has 0 fully saturated rings. The van der Waals surface area contributed by atoms with Crippen molar-refractivity contribution < 1.29 is 4.42 Å². The van der Waals surface area contributed by atoms with Gasteiger partial charge in [0.2, 0.25) is 0 Å². The van der Waals surface area contributed by atoms with E-state index in [0.29, 0.717) is 0 Å². The summed E-state index contributed by atoms with van der Waals surface area (Å²) in [7, 11) is -3.18. The molecular formula is C84H56N2OSi. The van der Waals surface area contributed by atoms with E-state index in [2.05, 4.69) is 343 Å². The van der Waals surface area contributed by atoms with E-state index in [-0.39, 0.29) is 0 Å². The molecule has 0 aliphatic heterocycles. The van der Waals surface area contributed by atoms with Crippen LogP contribution in [0.2, 0.25) is 0 Å². The minimum absolute atomic E-state index is 0.890. The Hall–Kier alpha value is -11.3. The molecule has 3 aromatic heterocycles. The number of fused-ring (bicyclic) bond motifs is 9. The first-order valence-electron chi connectivity index (χ1n) is 30.3. The topological polar surface area (TPSA) is 23.0 Å². The third-order valence-corrected chi connectivity index (χ3v) is 23.0. The minimum Gasteiger partial charge on any atom is -0.455 e. The van der Waals surface area contributed by atoms with Crippen LogP contribution >= 0.6 is 0 Å². The molecule has 17 rings (SSSR count). The Labute approximate surface area is 511 Å². The zero-order valence-electron chi connectivity index (χ0n) is 48.1. The molecule has 0 saturated carbocycles. The van der Waals surface area contributed by atoms with Crippen LogP contribution < -0.4 is 20.7 Å². The molecule has 0 amide bonds. The maximum absolute atomic E-state index is 6.72. The normalized spacial score (nSPS) is 11.9. The number of para-hydroxylation sites is 5. The number of aromatic nitrogens is 2. The average Bonchev–Trinajstić information content (AvgIpc) is 1.66. The Bertz CT molecular complexity index is 5390. The molecule has 0 spiro atoms. The van der Waals surface area contributed by atoms with E-state index in [1.54, 1.807) is 0 Å². The lowest BCUT2D eigenvalue weighted by molar-refractivity contribution is 0.670. The highest BCUT2D eigenvalue weighted by Gasteiger charge is 2.43. The molecule has 3 nitrogen and oxygen atoms in total. The summed E-state index contributed by atoms with van der Waals surface area (Å²) in [5.74, 6) is 0. The summed E-state index contributed by atoms with van der Waals surface area (Å²) >= 11 is 0. The Morgan fingerprint density at radius 1 is 0.239 bits per heavy atom. The van der Waals surface area contributed by atoms with Crippen molar-refractivity contribution in [3.05, 3.63) is 340 Å². The molecule has 88 heavy (non-hydrogen) atoms. The first kappa shape index (κ1) is 51.1. The van der Waals surface area contributed by atoms with Gasteiger partial charge in [0.1, 0.15) is 11.2 Å². The van der Waals surface area contributed by atoms with Crippen LogP contribution in [0.1, 0.15) is 0 Å². The van der Waals surface area contributed by atoms with Gasteiger partial charge in [-0.25, -0.2) is 0 Å². The van der Waals surface area contributed by atoms with Crippen LogP contribution in [0.4, 0.5) is 0 Å². The summed E-state index contributed by atoms with van der Waals surface area (Å²) in [6, 6.07) is 126. The molecule has 3 heterocycles. The van der Waals surface area contributed by atoms with Gasteiger partial charge in [-0.3, -0.25) is 0 Å². The molecule has 0 unspecified atom stereocenters. The fraction of sp³-hybridized carbons (Fsp3) is 0. The van der Waals surface area contributed by atoms with Gasteiger partial charge in [0.15, 0.2) is 8.07 Å². The third-order valence-electron chi connectivity index (χ3n) is 18.3. The van der Waals surface area contributed by atoms with Crippen LogP contribution in [0.3, 0.4) is 0 Å². The first-order chi connectivity index (χ1) is 43.7. The number of hydrogen-bond donors (Lipinski definition) is 0. The van der Waals surface area contributed by atoms with E-state index in [1.807, 2.05) is 6.07 Å². The smallest absolute Gasteiger partial charge is 0.179 e. The number of furan rings is 1. The predicted molar refractivity (Wildman–Crippen MR) is 373 cm³/mol. The summed E-state index contributed by atoms with van der Waals surface area (Å²) in [4.78, 5) is 0. The molecule has 17 aromatic rings. The van der Waals surface area contributed by atoms with Gasteiger partial charge < -0.3 is 13.6 Å². The number of nitrogens with zero attached hydrogens (tertiary/aromatic N) is 2. The van der Waals surface area contributed by atoms with Crippen molar-refractivity contribution in [2.24, 2.45) is 0 Å². The van der Waals surface area contributed by atoms with E-state index >= 15 is 0 Å². The third kappa shape index (κ3) is 8.11. The van der Waals surface area contributed by atoms with Gasteiger partial charge in [-0.1, -0.05) is 303 Å². The summed E-state index contributed by atoms with van der Waals surface area (Å²) < 4.78 is 11.8. The minimum atomic E-state index is -3.18. The van der Waals surface area contributed by atoms with Crippen LogP contribution in [0.15, 0.2) is 344 Å². The van der Waals surface area contributed by atoms with Gasteiger partial charge in [-0.15, -0.1) is 0 Å². The van der Waals surface area contributed by atoms with Gasteiger partial charge >= 0.3 is 0 Å². The van der Waals surface area contributed by atoms with Crippen molar-refractivity contribution in [2.45, 2.75) is 0 Å². The van der Waals surface area contributed by atoms with Gasteiger partial charge in [-0.05, 0) is 90.5 Å². The first-order valence-corrected chi connectivity index (χ1v) is 32.3. The maximum atomic E-state index is 6.72. The van der Waals surface area contributed by atoms with Crippen LogP contribution in [0.25, 0.3) is 133 Å². The van der Waals surface area contributed by atoms with Crippen LogP contribution in [0, 0.1) is 0 Å². The molecule has 0 saturated heterocycles. The van der Waals surface area contributed by atoms with Gasteiger partial charge in [0.05, 0.1) is 27.8 Å². The lowest BCUT2D eigenvalue weighted by Crippen LogP contribution is -2.74. The van der Waals surface area contributed by atoms with Gasteiger partial charge in [0, 0.05) is 60.3 Å². The molecule has 0 aliphatic rings. The summed E-state index contributed by atoms with van der Waals surface area (Å²) in [6.07, 6.45) is 0. The quantitative estimate of drug-likeness (QED) is 0.0935. The fourth-order valence-corrected chi connectivity index (χ4v) is 19.3. The van der Waals surface area contributed by atoms with Gasteiger partial charge in [-0.2, -0.15) is 0 Å². The molecule has 14 aromatic carbocycles. The fourth-order valence-electron chi connectivity index (χ4n) is 14.5. The van der Waals surface area contributed by atoms with Crippen LogP contribution in [-0.2, 0) is 0 Å². The molecule has 0 aliphatic carbocycles. The van der Waals surface area contributed by atoms with E-state index in [4.69, 9.17) is 4.42 Å². The zero-order chi connectivity index (χ0) is 58.1. The second-order valence-electron chi connectivity index (χ2n) is 23.0. The number of rotatable bonds is 11. The molecule has 0 bridgehead atoms. The molecule has 0 N–H and O–H groups in total. The molecule has 0 radical (unpaired) electrons. The van der Waals surface area contributed by atoms with Crippen molar-refractivity contribution >= 4 is 94.4 Å². The van der Waals surface area contributed by atoms with E-state index in [0.717, 1.165) is 99.9 Å². The summed E-state index contributed by atoms with van der Waals surface area (Å²) in [5.41, 5.74) is 20.1. The highest BCUT2D eigenvalue weighted by Crippen LogP contribution is 2.46. The van der Waals surface area contributed by atoms with Crippen LogP contribution in [0.5, 0.6) is 0 Å². The molecule has 4 heteroatoms. The van der Waals surface area contributed by atoms with Crippen molar-refractivity contribution in [2.75, 3.05) is 0 Å². The van der Waals surface area contributed by atoms with Crippen molar-refractivity contribution in [1.29, 1.82) is 0 Å². The molecule has 412 valence electrons. The Kier molecular flexibility index (Phi) is 12.2. The predicted octanol–water partition coefficient (Wildman–Crippen LogP) is 19.5. The van der Waals surface area contributed by atoms with E-state index < -0.39 is 8.07 Å². The Morgan fingerprint density at radius 2 is 0.682 bits per heavy atom. The molecular weight excluding hydrogens is 1080 g/mol. The maximum Gasteiger partial charge on any atom is 0.179 e. The second kappa shape index (κ2) is 21.0. The number of hydrogen-bond acceptors (Lipinski definition) is 1. The molecule has 0 atom stereocenters. The zero-order valence-corrected chi connectivity index (χ0v) is 49.1. The SMILES string of the molecule is c1ccc(-c2cccc([Si](c3ccccc3)(c3ccccc3)c3cc(-c4ccccc4)c(-n4c5ccccc5c5cc(-n6c7ccccc7c7cccc(-c8ccccc8-c8cccc9c8oc8ccccc89)c76)ccc54)c(-c4ccccc4)c3)c2)cc1. The standard InChI is InChI=1S/C84H56N2OSi/c1-6-27-57(28-7-1)60-33-24-38-64(53-60)88(62-34-12-4-13-35-62,63-36-14-5-15-37-63)65-55-75(58-29-8-2-9-30-58)83(76(56-65)59-31-10-3-11-32-59)86-79-49-22-19-42-69(79)77-54-61(51-52-80(77)86)85-78-48-21-18-41-68(78)72-45-25-44-71(82(72)85)66-39-16-17-40-67(66)73-46-26-47-74-70-43-20-23-50-81(70)87-84(73)74/h1-56H. The summed E-state index contributed by atoms with van der Waals surface area (Å²) in [5, 5.41) is 12.3. The lowest BCUT2D eigenvalue weighted by atomic mass is 9.92. The van der Waals surface area contributed by atoms with Crippen molar-refractivity contribution in [1.82, 2.24) is 9.13 Å². The number of benzene rings is 14. The largest absolute Gasteiger partial charge is 0.455 e. The van der Waals surface area contributed by atoms with Gasteiger partial charge in [0.25, 0.3) is 0 Å². The summed E-state index contributed by atoms with van der Waals surface area (Å²) in [6.45, 7) is 0. The lowest BCUT2D eigenvalue weighted by Gasteiger charge is -2.36. The second-order valence-corrected chi connectivity index (χ2v) is 26.8. The Morgan fingerprint density at radius 3 is 1.33 bits per heavy atom.